The van der Waals surface area contributed by atoms with Crippen LogP contribution in [0.1, 0.15) is 10.4 Å². The van der Waals surface area contributed by atoms with Crippen LogP contribution in [0, 0.1) is 0 Å². The van der Waals surface area contributed by atoms with E-state index in [-0.39, 0.29) is 11.7 Å². The van der Waals surface area contributed by atoms with Gasteiger partial charge in [-0.15, -0.1) is 0 Å². The van der Waals surface area contributed by atoms with Gasteiger partial charge in [0.05, 0.1) is 20.8 Å². The van der Waals surface area contributed by atoms with Crippen LogP contribution in [-0.4, -0.2) is 16.0 Å². The summed E-state index contributed by atoms with van der Waals surface area (Å²) in [7, 11) is 0. The molecule has 0 aliphatic carbocycles. The van der Waals surface area contributed by atoms with E-state index in [0.29, 0.717) is 25.3 Å². The van der Waals surface area contributed by atoms with Crippen molar-refractivity contribution < 1.29 is 9.90 Å². The first-order valence-corrected chi connectivity index (χ1v) is 7.04. The van der Waals surface area contributed by atoms with Crippen LogP contribution in [0.2, 0.25) is 5.15 Å². The van der Waals surface area contributed by atoms with Gasteiger partial charge >= 0.3 is 0 Å². The van der Waals surface area contributed by atoms with Gasteiger partial charge in [-0.05, 0) is 56.1 Å². The third-order valence-corrected chi connectivity index (χ3v) is 4.07. The number of aromatic hydroxyl groups is 1. The van der Waals surface area contributed by atoms with E-state index in [9.17, 15) is 9.90 Å². The number of nitrogens with zero attached hydrogens (tertiary/aromatic N) is 1. The highest BCUT2D eigenvalue weighted by Gasteiger charge is 2.09. The van der Waals surface area contributed by atoms with Gasteiger partial charge in [0, 0.05) is 5.56 Å². The Balaban J connectivity index is 2.20. The first-order valence-electron chi connectivity index (χ1n) is 5.08. The maximum absolute atomic E-state index is 12.0. The second-order valence-electron chi connectivity index (χ2n) is 3.62. The average Bonchev–Trinajstić information content (AvgIpc) is 2.37. The largest absolute Gasteiger partial charge is 0.507 e. The zero-order valence-corrected chi connectivity index (χ0v) is 13.3. The van der Waals surface area contributed by atoms with Crippen molar-refractivity contribution in [3.8, 4) is 5.75 Å². The SMILES string of the molecule is O=C(Nc1cnc(Cl)c(Br)c1)c1ccc(Br)c(O)c1. The highest BCUT2D eigenvalue weighted by molar-refractivity contribution is 9.10. The highest BCUT2D eigenvalue weighted by atomic mass is 79.9. The molecule has 0 saturated heterocycles. The molecule has 0 unspecified atom stereocenters. The van der Waals surface area contributed by atoms with Gasteiger partial charge in [-0.3, -0.25) is 4.79 Å². The molecule has 1 aromatic heterocycles. The molecule has 0 aliphatic rings. The fourth-order valence-electron chi connectivity index (χ4n) is 1.35. The highest BCUT2D eigenvalue weighted by Crippen LogP contribution is 2.26. The summed E-state index contributed by atoms with van der Waals surface area (Å²) in [6.07, 6.45) is 1.45. The second kappa shape index (κ2) is 5.90. The van der Waals surface area contributed by atoms with Gasteiger partial charge in [-0.2, -0.15) is 0 Å². The van der Waals surface area contributed by atoms with Crippen molar-refractivity contribution in [2.75, 3.05) is 5.32 Å². The number of pyridine rings is 1. The molecule has 0 radical (unpaired) electrons. The molecule has 0 spiro atoms. The lowest BCUT2D eigenvalue weighted by Gasteiger charge is -2.06. The van der Waals surface area contributed by atoms with Gasteiger partial charge in [-0.25, -0.2) is 4.98 Å². The maximum atomic E-state index is 12.0. The van der Waals surface area contributed by atoms with Crippen LogP contribution in [-0.2, 0) is 0 Å². The first-order chi connectivity index (χ1) is 8.97. The number of hydrogen-bond acceptors (Lipinski definition) is 3. The summed E-state index contributed by atoms with van der Waals surface area (Å²) in [5, 5.41) is 12.5. The fourth-order valence-corrected chi connectivity index (χ4v) is 2.05. The Hall–Kier alpha value is -1.11. The number of anilines is 1. The van der Waals surface area contributed by atoms with Crippen molar-refractivity contribution in [2.24, 2.45) is 0 Å². The predicted molar refractivity (Wildman–Crippen MR) is 80.7 cm³/mol. The van der Waals surface area contributed by atoms with Crippen LogP contribution in [0.4, 0.5) is 5.69 Å². The van der Waals surface area contributed by atoms with Crippen molar-refractivity contribution in [3.63, 3.8) is 0 Å². The summed E-state index contributed by atoms with van der Waals surface area (Å²) < 4.78 is 1.12. The number of phenols is 1. The minimum Gasteiger partial charge on any atom is -0.507 e. The molecule has 4 nitrogen and oxygen atoms in total. The molecule has 98 valence electrons. The summed E-state index contributed by atoms with van der Waals surface area (Å²) in [5.41, 5.74) is 0.843. The summed E-state index contributed by atoms with van der Waals surface area (Å²) >= 11 is 12.1. The molecule has 0 aliphatic heterocycles. The summed E-state index contributed by atoms with van der Waals surface area (Å²) in [4.78, 5) is 15.9. The van der Waals surface area contributed by atoms with E-state index in [2.05, 4.69) is 42.2 Å². The first kappa shape index (κ1) is 14.3. The molecule has 7 heteroatoms. The van der Waals surface area contributed by atoms with E-state index < -0.39 is 0 Å². The van der Waals surface area contributed by atoms with Crippen LogP contribution < -0.4 is 5.32 Å². The van der Waals surface area contributed by atoms with E-state index in [4.69, 9.17) is 11.6 Å². The number of amides is 1. The fraction of sp³-hybridized carbons (Fsp3) is 0. The molecule has 19 heavy (non-hydrogen) atoms. The van der Waals surface area contributed by atoms with E-state index in [0.717, 1.165) is 0 Å². The smallest absolute Gasteiger partial charge is 0.255 e. The number of carbonyl (C=O) groups is 1. The van der Waals surface area contributed by atoms with Gasteiger partial charge in [0.25, 0.3) is 5.91 Å². The van der Waals surface area contributed by atoms with Gasteiger partial charge in [0.2, 0.25) is 0 Å². The molecule has 1 aromatic carbocycles. The van der Waals surface area contributed by atoms with Crippen LogP contribution in [0.3, 0.4) is 0 Å². The zero-order chi connectivity index (χ0) is 14.0. The number of carbonyl (C=O) groups excluding carboxylic acids is 1. The van der Waals surface area contributed by atoms with Crippen LogP contribution in [0.15, 0.2) is 39.4 Å². The molecule has 2 rings (SSSR count). The van der Waals surface area contributed by atoms with Crippen LogP contribution >= 0.6 is 43.5 Å². The summed E-state index contributed by atoms with van der Waals surface area (Å²) in [6.45, 7) is 0. The molecule has 1 heterocycles. The Morgan fingerprint density at radius 2 is 2.00 bits per heavy atom. The third kappa shape index (κ3) is 3.46. The number of halogens is 3. The topological polar surface area (TPSA) is 62.2 Å². The molecule has 0 saturated carbocycles. The standard InChI is InChI=1S/C12H7Br2ClN2O2/c13-8-2-1-6(3-10(8)18)12(19)17-7-4-9(14)11(15)16-5-7/h1-5,18H,(H,17,19). The number of aromatic nitrogens is 1. The monoisotopic (exact) mass is 404 g/mol. The lowest BCUT2D eigenvalue weighted by atomic mass is 10.2. The van der Waals surface area contributed by atoms with Crippen molar-refractivity contribution in [1.82, 2.24) is 4.98 Å². The van der Waals surface area contributed by atoms with Crippen molar-refractivity contribution in [1.29, 1.82) is 0 Å². The quantitative estimate of drug-likeness (QED) is 0.734. The Morgan fingerprint density at radius 1 is 1.26 bits per heavy atom. The van der Waals surface area contributed by atoms with Crippen LogP contribution in [0.25, 0.3) is 0 Å². The molecule has 0 atom stereocenters. The molecule has 2 N–H and O–H groups in total. The molecule has 0 fully saturated rings. The Bertz CT molecular complexity index is 650. The Morgan fingerprint density at radius 3 is 2.63 bits per heavy atom. The van der Waals surface area contributed by atoms with E-state index in [1.807, 2.05) is 0 Å². The van der Waals surface area contributed by atoms with Crippen molar-refractivity contribution in [3.05, 3.63) is 50.1 Å². The number of benzene rings is 1. The second-order valence-corrected chi connectivity index (χ2v) is 5.68. The molecular weight excluding hydrogens is 399 g/mol. The van der Waals surface area contributed by atoms with E-state index >= 15 is 0 Å². The number of hydrogen-bond donors (Lipinski definition) is 2. The van der Waals surface area contributed by atoms with Gasteiger partial charge in [0.15, 0.2) is 0 Å². The van der Waals surface area contributed by atoms with Crippen molar-refractivity contribution in [2.45, 2.75) is 0 Å². The van der Waals surface area contributed by atoms with Gasteiger partial charge < -0.3 is 10.4 Å². The number of phenolic OH excluding ortho intramolecular Hbond substituents is 1. The predicted octanol–water partition coefficient (Wildman–Crippen LogP) is 4.22. The van der Waals surface area contributed by atoms with Crippen LogP contribution in [0.5, 0.6) is 5.75 Å². The summed E-state index contributed by atoms with van der Waals surface area (Å²) in [6, 6.07) is 6.21. The normalized spacial score (nSPS) is 10.3. The molecule has 2 aromatic rings. The van der Waals surface area contributed by atoms with E-state index in [1.54, 1.807) is 18.2 Å². The Labute approximate surface area is 131 Å². The maximum Gasteiger partial charge on any atom is 0.255 e. The minimum atomic E-state index is -0.348. The zero-order valence-electron chi connectivity index (χ0n) is 9.32. The third-order valence-electron chi connectivity index (χ3n) is 2.26. The molecular formula is C12H7Br2ClN2O2. The summed E-state index contributed by atoms with van der Waals surface area (Å²) in [5.74, 6) is -0.345. The molecule has 0 bridgehead atoms. The number of nitrogens with one attached hydrogen (secondary N) is 1. The van der Waals surface area contributed by atoms with Gasteiger partial charge in [-0.1, -0.05) is 11.6 Å². The van der Waals surface area contributed by atoms with Gasteiger partial charge in [0.1, 0.15) is 10.9 Å². The Kier molecular flexibility index (Phi) is 4.44. The van der Waals surface area contributed by atoms with E-state index in [1.165, 1.54) is 12.3 Å². The minimum absolute atomic E-state index is 0.00283. The lowest BCUT2D eigenvalue weighted by Crippen LogP contribution is -2.12. The number of rotatable bonds is 2. The average molecular weight is 406 g/mol. The molecule has 1 amide bonds. The lowest BCUT2D eigenvalue weighted by molar-refractivity contribution is 0.102. The van der Waals surface area contributed by atoms with Crippen molar-refractivity contribution >= 4 is 55.1 Å².